The second-order valence-electron chi connectivity index (χ2n) is 2.25. The van der Waals surface area contributed by atoms with E-state index < -0.39 is 0 Å². The Labute approximate surface area is 75.2 Å². The summed E-state index contributed by atoms with van der Waals surface area (Å²) in [5.41, 5.74) is 0.700. The fourth-order valence-electron chi connectivity index (χ4n) is 0.827. The van der Waals surface area contributed by atoms with Crippen LogP contribution in [-0.2, 0) is 0 Å². The van der Waals surface area contributed by atoms with Crippen molar-refractivity contribution >= 4 is 6.29 Å². The molecule has 3 heteroatoms. The van der Waals surface area contributed by atoms with E-state index in [1.54, 1.807) is 6.07 Å². The number of rotatable bonds is 1. The molecule has 13 heavy (non-hydrogen) atoms. The van der Waals surface area contributed by atoms with E-state index in [0.717, 1.165) is 0 Å². The van der Waals surface area contributed by atoms with Gasteiger partial charge in [-0.15, -0.1) is 0 Å². The second-order valence-corrected chi connectivity index (χ2v) is 2.25. The van der Waals surface area contributed by atoms with Crippen LogP contribution in [0.25, 0.3) is 0 Å². The van der Waals surface area contributed by atoms with Crippen molar-refractivity contribution in [3.8, 4) is 23.7 Å². The van der Waals surface area contributed by atoms with Gasteiger partial charge in [-0.05, 0) is 18.2 Å². The quantitative estimate of drug-likeness (QED) is 0.508. The molecular weight excluding hydrogens is 166 g/mol. The van der Waals surface area contributed by atoms with E-state index in [1.165, 1.54) is 18.2 Å². The Hall–Kier alpha value is -2.26. The number of hydrogen-bond acceptors (Lipinski definition) is 3. The van der Waals surface area contributed by atoms with Crippen molar-refractivity contribution in [1.82, 2.24) is 0 Å². The average Bonchev–Trinajstić information content (AvgIpc) is 2.16. The Morgan fingerprint density at radius 3 is 2.85 bits per heavy atom. The lowest BCUT2D eigenvalue weighted by atomic mass is 10.1. The number of phenolic OH excluding ortho intramolecular Hbond substituents is 1. The standard InChI is InChI=1S/C10H5NO2/c11-5-1-2-8-3-4-10(13)9(6-8)7-12/h3-4,6-7,13H. The van der Waals surface area contributed by atoms with Crippen molar-refractivity contribution in [2.24, 2.45) is 0 Å². The molecule has 0 atom stereocenters. The zero-order valence-corrected chi connectivity index (χ0v) is 6.61. The molecular formula is C10H5NO2. The van der Waals surface area contributed by atoms with Crippen molar-refractivity contribution < 1.29 is 9.90 Å². The lowest BCUT2D eigenvalue weighted by molar-refractivity contribution is 0.112. The van der Waals surface area contributed by atoms with E-state index in [4.69, 9.17) is 10.4 Å². The molecule has 62 valence electrons. The predicted octanol–water partition coefficient (Wildman–Crippen LogP) is 1.08. The molecule has 1 N–H and O–H groups in total. The van der Waals surface area contributed by atoms with Crippen LogP contribution in [0.4, 0.5) is 0 Å². The van der Waals surface area contributed by atoms with Gasteiger partial charge >= 0.3 is 0 Å². The first-order valence-electron chi connectivity index (χ1n) is 3.46. The Kier molecular flexibility index (Phi) is 2.68. The van der Waals surface area contributed by atoms with E-state index in [9.17, 15) is 4.79 Å². The third kappa shape index (κ3) is 2.08. The topological polar surface area (TPSA) is 61.1 Å². The smallest absolute Gasteiger partial charge is 0.153 e. The molecule has 0 unspecified atom stereocenters. The van der Waals surface area contributed by atoms with Crippen molar-refractivity contribution in [3.05, 3.63) is 29.3 Å². The lowest BCUT2D eigenvalue weighted by Gasteiger charge is -1.95. The lowest BCUT2D eigenvalue weighted by Crippen LogP contribution is -1.83. The molecule has 0 aliphatic rings. The van der Waals surface area contributed by atoms with Crippen LogP contribution >= 0.6 is 0 Å². The summed E-state index contributed by atoms with van der Waals surface area (Å²) in [6.07, 6.45) is 0.535. The number of carbonyl (C=O) groups excluding carboxylic acids is 1. The minimum Gasteiger partial charge on any atom is -0.507 e. The maximum atomic E-state index is 10.4. The van der Waals surface area contributed by atoms with Gasteiger partial charge in [0.25, 0.3) is 0 Å². The normalized spacial score (nSPS) is 7.92. The number of nitriles is 1. The molecule has 1 aromatic rings. The molecule has 0 radical (unpaired) electrons. The van der Waals surface area contributed by atoms with Crippen molar-refractivity contribution in [3.63, 3.8) is 0 Å². The van der Waals surface area contributed by atoms with Gasteiger partial charge in [0.2, 0.25) is 0 Å². The monoisotopic (exact) mass is 171 g/mol. The first kappa shape index (κ1) is 8.83. The predicted molar refractivity (Wildman–Crippen MR) is 46.0 cm³/mol. The van der Waals surface area contributed by atoms with Gasteiger partial charge < -0.3 is 5.11 Å². The van der Waals surface area contributed by atoms with Gasteiger partial charge in [0.05, 0.1) is 5.56 Å². The van der Waals surface area contributed by atoms with Gasteiger partial charge in [0, 0.05) is 11.5 Å². The van der Waals surface area contributed by atoms with Crippen molar-refractivity contribution in [2.75, 3.05) is 0 Å². The molecule has 0 spiro atoms. The fraction of sp³-hybridized carbons (Fsp3) is 0. The number of benzene rings is 1. The largest absolute Gasteiger partial charge is 0.507 e. The van der Waals surface area contributed by atoms with Crippen LogP contribution in [0.15, 0.2) is 18.2 Å². The minimum atomic E-state index is -0.0856. The summed E-state index contributed by atoms with van der Waals surface area (Å²) < 4.78 is 0. The Balaban J connectivity index is 3.15. The van der Waals surface area contributed by atoms with Gasteiger partial charge in [0.1, 0.15) is 5.75 Å². The molecule has 1 aromatic carbocycles. The molecule has 0 saturated carbocycles. The summed E-state index contributed by atoms with van der Waals surface area (Å²) in [7, 11) is 0. The molecule has 0 bridgehead atoms. The zero-order valence-electron chi connectivity index (χ0n) is 6.61. The molecule has 1 rings (SSSR count). The SMILES string of the molecule is N#CC#Cc1ccc(O)c(C=O)c1. The highest BCUT2D eigenvalue weighted by Crippen LogP contribution is 2.15. The highest BCUT2D eigenvalue weighted by Gasteiger charge is 1.98. The first-order valence-corrected chi connectivity index (χ1v) is 3.46. The van der Waals surface area contributed by atoms with Gasteiger partial charge in [-0.1, -0.05) is 5.92 Å². The van der Waals surface area contributed by atoms with Crippen LogP contribution < -0.4 is 0 Å². The van der Waals surface area contributed by atoms with E-state index in [2.05, 4.69) is 11.8 Å². The fourth-order valence-corrected chi connectivity index (χ4v) is 0.827. The Morgan fingerprint density at radius 2 is 2.23 bits per heavy atom. The molecule has 0 fully saturated rings. The van der Waals surface area contributed by atoms with Crippen LogP contribution in [-0.4, -0.2) is 11.4 Å². The number of phenols is 1. The highest BCUT2D eigenvalue weighted by molar-refractivity contribution is 5.79. The summed E-state index contributed by atoms with van der Waals surface area (Å²) in [5.74, 6) is 4.62. The maximum Gasteiger partial charge on any atom is 0.153 e. The summed E-state index contributed by atoms with van der Waals surface area (Å²) in [4.78, 5) is 10.4. The van der Waals surface area contributed by atoms with E-state index >= 15 is 0 Å². The van der Waals surface area contributed by atoms with Crippen molar-refractivity contribution in [1.29, 1.82) is 5.26 Å². The van der Waals surface area contributed by atoms with E-state index in [-0.39, 0.29) is 11.3 Å². The minimum absolute atomic E-state index is 0.0856. The summed E-state index contributed by atoms with van der Waals surface area (Å²) in [6.45, 7) is 0. The van der Waals surface area contributed by atoms with E-state index in [0.29, 0.717) is 11.8 Å². The highest BCUT2D eigenvalue weighted by atomic mass is 16.3. The molecule has 0 aromatic heterocycles. The summed E-state index contributed by atoms with van der Waals surface area (Å²) >= 11 is 0. The van der Waals surface area contributed by atoms with Crippen LogP contribution in [0, 0.1) is 23.2 Å². The Morgan fingerprint density at radius 1 is 1.46 bits per heavy atom. The van der Waals surface area contributed by atoms with Gasteiger partial charge in [-0.25, -0.2) is 0 Å². The average molecular weight is 171 g/mol. The zero-order chi connectivity index (χ0) is 9.68. The number of carbonyl (C=O) groups is 1. The van der Waals surface area contributed by atoms with Crippen LogP contribution in [0.3, 0.4) is 0 Å². The van der Waals surface area contributed by atoms with Crippen LogP contribution in [0.5, 0.6) is 5.75 Å². The molecule has 3 nitrogen and oxygen atoms in total. The summed E-state index contributed by atoms with van der Waals surface area (Å²) in [6, 6.07) is 5.98. The third-order valence-electron chi connectivity index (χ3n) is 1.42. The van der Waals surface area contributed by atoms with Gasteiger partial charge in [0.15, 0.2) is 12.4 Å². The van der Waals surface area contributed by atoms with Crippen LogP contribution in [0.2, 0.25) is 0 Å². The van der Waals surface area contributed by atoms with Crippen molar-refractivity contribution in [2.45, 2.75) is 0 Å². The molecule has 0 heterocycles. The first-order chi connectivity index (χ1) is 6.27. The molecule has 0 aliphatic carbocycles. The number of hydrogen-bond donors (Lipinski definition) is 1. The number of aromatic hydroxyl groups is 1. The second kappa shape index (κ2) is 3.94. The van der Waals surface area contributed by atoms with Gasteiger partial charge in [-0.2, -0.15) is 5.26 Å². The molecule has 0 aliphatic heterocycles. The summed E-state index contributed by atoms with van der Waals surface area (Å²) in [5, 5.41) is 17.3. The van der Waals surface area contributed by atoms with Gasteiger partial charge in [-0.3, -0.25) is 4.79 Å². The third-order valence-corrected chi connectivity index (χ3v) is 1.42. The van der Waals surface area contributed by atoms with E-state index in [1.807, 2.05) is 0 Å². The molecule has 0 amide bonds. The van der Waals surface area contributed by atoms with Crippen LogP contribution in [0.1, 0.15) is 15.9 Å². The number of nitrogens with zero attached hydrogens (tertiary/aromatic N) is 1. The maximum absolute atomic E-state index is 10.4. The Bertz CT molecular complexity index is 432. The molecule has 0 saturated heterocycles. The number of aldehydes is 1.